The molecule has 0 atom stereocenters. The van der Waals surface area contributed by atoms with Crippen LogP contribution >= 0.6 is 11.8 Å². The van der Waals surface area contributed by atoms with Crippen molar-refractivity contribution in [2.24, 2.45) is 0 Å². The van der Waals surface area contributed by atoms with E-state index in [-0.39, 0.29) is 6.42 Å². The van der Waals surface area contributed by atoms with Crippen molar-refractivity contribution in [3.05, 3.63) is 60.4 Å². The van der Waals surface area contributed by atoms with E-state index in [0.717, 1.165) is 32.8 Å². The molecule has 26 heavy (non-hydrogen) atoms. The number of nitriles is 1. The number of hydrogen-bond donors (Lipinski definition) is 2. The summed E-state index contributed by atoms with van der Waals surface area (Å²) in [4.78, 5) is 15.8. The lowest BCUT2D eigenvalue weighted by Crippen LogP contribution is -1.97. The van der Waals surface area contributed by atoms with Gasteiger partial charge in [0, 0.05) is 34.0 Å². The number of hydrogen-bond acceptors (Lipinski definition) is 5. The van der Waals surface area contributed by atoms with Gasteiger partial charge in [-0.2, -0.15) is 5.26 Å². The Kier molecular flexibility index (Phi) is 5.72. The maximum atomic E-state index is 10.6. The Bertz CT molecular complexity index is 982. The molecule has 0 unspecified atom stereocenters. The highest BCUT2D eigenvalue weighted by molar-refractivity contribution is 7.99. The number of benzene rings is 2. The summed E-state index contributed by atoms with van der Waals surface area (Å²) >= 11 is 1.60. The van der Waals surface area contributed by atoms with Gasteiger partial charge < -0.3 is 10.4 Å². The molecule has 1 aromatic heterocycles. The highest BCUT2D eigenvalue weighted by atomic mass is 32.2. The van der Waals surface area contributed by atoms with Gasteiger partial charge in [-0.15, -0.1) is 11.8 Å². The van der Waals surface area contributed by atoms with Gasteiger partial charge in [0.2, 0.25) is 0 Å². The fourth-order valence-corrected chi connectivity index (χ4v) is 3.58. The van der Waals surface area contributed by atoms with Gasteiger partial charge in [-0.05, 0) is 30.4 Å². The van der Waals surface area contributed by atoms with Gasteiger partial charge in [0.25, 0.3) is 0 Å². The van der Waals surface area contributed by atoms with Crippen LogP contribution in [0.2, 0.25) is 0 Å². The lowest BCUT2D eigenvalue weighted by molar-refractivity contribution is -0.137. The average molecular weight is 363 g/mol. The average Bonchev–Trinajstić information content (AvgIpc) is 2.66. The van der Waals surface area contributed by atoms with E-state index >= 15 is 0 Å². The molecular weight excluding hydrogens is 346 g/mol. The van der Waals surface area contributed by atoms with E-state index in [4.69, 9.17) is 5.11 Å². The van der Waals surface area contributed by atoms with Crippen molar-refractivity contribution in [3.8, 4) is 6.07 Å². The van der Waals surface area contributed by atoms with E-state index in [9.17, 15) is 10.1 Å². The van der Waals surface area contributed by atoms with Crippen LogP contribution in [0, 0.1) is 11.3 Å². The molecule has 0 saturated carbocycles. The predicted octanol–water partition coefficient (Wildman–Crippen LogP) is 4.81. The number of rotatable bonds is 7. The largest absolute Gasteiger partial charge is 0.481 e. The topological polar surface area (TPSA) is 86.0 Å². The van der Waals surface area contributed by atoms with Crippen molar-refractivity contribution in [1.82, 2.24) is 4.98 Å². The van der Waals surface area contributed by atoms with E-state index in [2.05, 4.69) is 16.4 Å². The SMILES string of the molecule is N#Cc1ccc(Nc2cnccc2SCCCC(=O)O)c2ccccc12. The van der Waals surface area contributed by atoms with Gasteiger partial charge in [0.05, 0.1) is 23.5 Å². The van der Waals surface area contributed by atoms with Crippen molar-refractivity contribution in [2.75, 3.05) is 11.1 Å². The number of carboxylic acids is 1. The van der Waals surface area contributed by atoms with E-state index < -0.39 is 5.97 Å². The number of aromatic nitrogens is 1. The first kappa shape index (κ1) is 17.8. The normalized spacial score (nSPS) is 10.4. The van der Waals surface area contributed by atoms with Gasteiger partial charge in [-0.25, -0.2) is 0 Å². The standard InChI is InChI=1S/C20H17N3O2S/c21-12-14-7-8-17(16-5-2-1-4-15(14)16)23-18-13-22-10-9-19(18)26-11-3-6-20(24)25/h1-2,4-5,7-10,13,23H,3,6,11H2,(H,24,25). The van der Waals surface area contributed by atoms with Crippen LogP contribution in [0.3, 0.4) is 0 Å². The molecule has 0 aliphatic rings. The Morgan fingerprint density at radius 2 is 1.96 bits per heavy atom. The van der Waals surface area contributed by atoms with Gasteiger partial charge in [0.15, 0.2) is 0 Å². The van der Waals surface area contributed by atoms with Crippen LogP contribution in [0.5, 0.6) is 0 Å². The van der Waals surface area contributed by atoms with E-state index in [1.807, 2.05) is 36.4 Å². The third-order valence-electron chi connectivity index (χ3n) is 3.89. The summed E-state index contributed by atoms with van der Waals surface area (Å²) in [5.41, 5.74) is 2.41. The van der Waals surface area contributed by atoms with Crippen molar-refractivity contribution in [3.63, 3.8) is 0 Å². The van der Waals surface area contributed by atoms with Crippen LogP contribution in [0.15, 0.2) is 59.8 Å². The van der Waals surface area contributed by atoms with Crippen LogP contribution in [0.1, 0.15) is 18.4 Å². The Hall–Kier alpha value is -3.04. The van der Waals surface area contributed by atoms with Crippen molar-refractivity contribution in [1.29, 1.82) is 5.26 Å². The molecule has 2 N–H and O–H groups in total. The Morgan fingerprint density at radius 1 is 1.15 bits per heavy atom. The first-order valence-electron chi connectivity index (χ1n) is 8.16. The fraction of sp³-hybridized carbons (Fsp3) is 0.150. The minimum atomic E-state index is -0.775. The Labute approximate surface area is 155 Å². The number of pyridine rings is 1. The van der Waals surface area contributed by atoms with Crippen LogP contribution in [0.25, 0.3) is 10.8 Å². The molecule has 0 amide bonds. The second kappa shape index (κ2) is 8.37. The Morgan fingerprint density at radius 3 is 2.73 bits per heavy atom. The third-order valence-corrected chi connectivity index (χ3v) is 5.05. The molecule has 0 aliphatic carbocycles. The summed E-state index contributed by atoms with van der Waals surface area (Å²) in [5.74, 6) is -0.0539. The molecule has 5 nitrogen and oxygen atoms in total. The number of nitrogens with one attached hydrogen (secondary N) is 1. The summed E-state index contributed by atoms with van der Waals surface area (Å²) in [6, 6.07) is 15.6. The zero-order chi connectivity index (χ0) is 18.4. The van der Waals surface area contributed by atoms with Crippen LogP contribution in [-0.4, -0.2) is 21.8 Å². The molecule has 1 heterocycles. The molecule has 2 aromatic carbocycles. The zero-order valence-corrected chi connectivity index (χ0v) is 14.8. The van der Waals surface area contributed by atoms with Gasteiger partial charge >= 0.3 is 5.97 Å². The van der Waals surface area contributed by atoms with E-state index in [1.54, 1.807) is 30.2 Å². The molecule has 0 fully saturated rings. The fourth-order valence-electron chi connectivity index (χ4n) is 2.66. The van der Waals surface area contributed by atoms with E-state index in [1.165, 1.54) is 0 Å². The number of carboxylic acid groups (broad SMARTS) is 1. The molecule has 0 radical (unpaired) electrons. The highest BCUT2D eigenvalue weighted by Gasteiger charge is 2.09. The molecule has 3 aromatic rings. The monoisotopic (exact) mass is 363 g/mol. The number of thioether (sulfide) groups is 1. The molecular formula is C20H17N3O2S. The summed E-state index contributed by atoms with van der Waals surface area (Å²) in [7, 11) is 0. The first-order valence-corrected chi connectivity index (χ1v) is 9.15. The van der Waals surface area contributed by atoms with Gasteiger partial charge in [-0.1, -0.05) is 24.3 Å². The van der Waals surface area contributed by atoms with Gasteiger partial charge in [0.1, 0.15) is 0 Å². The van der Waals surface area contributed by atoms with Crippen LogP contribution < -0.4 is 5.32 Å². The maximum absolute atomic E-state index is 10.6. The molecule has 0 aliphatic heterocycles. The highest BCUT2D eigenvalue weighted by Crippen LogP contribution is 2.33. The van der Waals surface area contributed by atoms with Crippen molar-refractivity contribution < 1.29 is 9.90 Å². The first-order chi connectivity index (χ1) is 12.7. The zero-order valence-electron chi connectivity index (χ0n) is 14.0. The molecule has 3 rings (SSSR count). The lowest BCUT2D eigenvalue weighted by atomic mass is 10.0. The molecule has 0 bridgehead atoms. The summed E-state index contributed by atoms with van der Waals surface area (Å²) < 4.78 is 0. The van der Waals surface area contributed by atoms with E-state index in [0.29, 0.717) is 12.0 Å². The molecule has 0 saturated heterocycles. The predicted molar refractivity (Wildman–Crippen MR) is 104 cm³/mol. The lowest BCUT2D eigenvalue weighted by Gasteiger charge is -2.13. The second-order valence-electron chi connectivity index (χ2n) is 5.66. The second-order valence-corrected chi connectivity index (χ2v) is 6.80. The maximum Gasteiger partial charge on any atom is 0.303 e. The quantitative estimate of drug-likeness (QED) is 0.463. The number of anilines is 2. The minimum absolute atomic E-state index is 0.168. The third kappa shape index (κ3) is 4.13. The summed E-state index contributed by atoms with van der Waals surface area (Å²) in [6.45, 7) is 0. The molecule has 6 heteroatoms. The van der Waals surface area contributed by atoms with Gasteiger partial charge in [-0.3, -0.25) is 9.78 Å². The number of aliphatic carboxylic acids is 1. The van der Waals surface area contributed by atoms with Crippen molar-refractivity contribution in [2.45, 2.75) is 17.7 Å². The van der Waals surface area contributed by atoms with Crippen LogP contribution in [-0.2, 0) is 4.79 Å². The number of nitrogens with zero attached hydrogens (tertiary/aromatic N) is 2. The summed E-state index contributed by atoms with van der Waals surface area (Å²) in [5, 5.41) is 23.3. The summed E-state index contributed by atoms with van der Waals surface area (Å²) in [6.07, 6.45) is 4.26. The molecule has 130 valence electrons. The molecule has 0 spiro atoms. The van der Waals surface area contributed by atoms with Crippen molar-refractivity contribution >= 4 is 39.9 Å². The Balaban J connectivity index is 1.85. The number of fused-ring (bicyclic) bond motifs is 1. The minimum Gasteiger partial charge on any atom is -0.481 e. The number of carbonyl (C=O) groups is 1. The smallest absolute Gasteiger partial charge is 0.303 e. The van der Waals surface area contributed by atoms with Crippen LogP contribution in [0.4, 0.5) is 11.4 Å².